The Labute approximate surface area is 227 Å². The third kappa shape index (κ3) is 5.34. The Morgan fingerprint density at radius 1 is 0.789 bits per heavy atom. The Hall–Kier alpha value is -3.58. The van der Waals surface area contributed by atoms with Gasteiger partial charge in [-0.15, -0.1) is 0 Å². The lowest BCUT2D eigenvalue weighted by atomic mass is 9.79. The third-order valence-electron chi connectivity index (χ3n) is 8.82. The van der Waals surface area contributed by atoms with Crippen LogP contribution in [0.2, 0.25) is 0 Å². The van der Waals surface area contributed by atoms with Crippen molar-refractivity contribution in [2.75, 3.05) is 0 Å². The third-order valence-corrected chi connectivity index (χ3v) is 8.82. The Morgan fingerprint density at radius 3 is 2.34 bits per heavy atom. The fraction of sp³-hybridized carbons (Fsp3) is 0.297. The molecular formula is C37H38O. The summed E-state index contributed by atoms with van der Waals surface area (Å²) in [6.07, 6.45) is 23.6. The Balaban J connectivity index is 1.28. The molecule has 0 unspecified atom stereocenters. The molecule has 0 amide bonds. The highest BCUT2D eigenvalue weighted by Crippen LogP contribution is 2.35. The van der Waals surface area contributed by atoms with E-state index in [-0.39, 0.29) is 0 Å². The minimum atomic E-state index is 0.307. The van der Waals surface area contributed by atoms with E-state index in [1.807, 2.05) is 6.07 Å². The minimum absolute atomic E-state index is 0.307. The lowest BCUT2D eigenvalue weighted by Gasteiger charge is -2.26. The summed E-state index contributed by atoms with van der Waals surface area (Å²) in [5, 5.41) is 13.4. The maximum Gasteiger partial charge on any atom is 0.119 e. The van der Waals surface area contributed by atoms with Crippen LogP contribution in [0.25, 0.3) is 12.2 Å². The minimum Gasteiger partial charge on any atom is -0.508 e. The summed E-state index contributed by atoms with van der Waals surface area (Å²) in [6.45, 7) is 2.39. The van der Waals surface area contributed by atoms with Crippen molar-refractivity contribution in [1.82, 2.24) is 0 Å². The molecule has 3 aliphatic carbocycles. The summed E-state index contributed by atoms with van der Waals surface area (Å²) >= 11 is 0. The Bertz CT molecular complexity index is 1500. The van der Waals surface area contributed by atoms with Crippen molar-refractivity contribution in [3.05, 3.63) is 135 Å². The van der Waals surface area contributed by atoms with Gasteiger partial charge in [0.2, 0.25) is 0 Å². The summed E-state index contributed by atoms with van der Waals surface area (Å²) in [5.74, 6) is 2.31. The van der Waals surface area contributed by atoms with Gasteiger partial charge in [-0.3, -0.25) is 0 Å². The van der Waals surface area contributed by atoms with Gasteiger partial charge >= 0.3 is 0 Å². The Kier molecular flexibility index (Phi) is 7.18. The normalized spacial score (nSPS) is 20.8. The summed E-state index contributed by atoms with van der Waals surface area (Å²) < 4.78 is 0. The van der Waals surface area contributed by atoms with Crippen LogP contribution in [0.5, 0.6) is 5.75 Å². The molecule has 1 fully saturated rings. The fourth-order valence-electron chi connectivity index (χ4n) is 6.50. The van der Waals surface area contributed by atoms with Crippen molar-refractivity contribution in [3.8, 4) is 5.75 Å². The van der Waals surface area contributed by atoms with Crippen LogP contribution in [0.3, 0.4) is 0 Å². The van der Waals surface area contributed by atoms with Crippen molar-refractivity contribution in [3.63, 3.8) is 0 Å². The fourth-order valence-corrected chi connectivity index (χ4v) is 6.50. The highest BCUT2D eigenvalue weighted by molar-refractivity contribution is 5.57. The molecule has 0 spiro atoms. The van der Waals surface area contributed by atoms with Gasteiger partial charge in [0.25, 0.3) is 0 Å². The van der Waals surface area contributed by atoms with Crippen molar-refractivity contribution >= 4 is 12.2 Å². The quantitative estimate of drug-likeness (QED) is 0.371. The number of phenolic OH excluding ortho intramolecular Hbond substituents is 1. The number of benzene rings is 3. The number of aromatic hydroxyl groups is 1. The number of hydrogen-bond acceptors (Lipinski definition) is 1. The van der Waals surface area contributed by atoms with E-state index in [2.05, 4.69) is 104 Å². The van der Waals surface area contributed by atoms with Crippen LogP contribution in [0.1, 0.15) is 78.7 Å². The molecular weight excluding hydrogens is 460 g/mol. The molecule has 0 aromatic heterocycles. The summed E-state index contributed by atoms with van der Waals surface area (Å²) in [5.41, 5.74) is 7.79. The SMILES string of the molecule is CC1CCC(c2ccc(CC3=CCC=c4ccc(O)c(Cc5ccccc5C5C=CC=C5)c4=C3)cc2)CC1. The van der Waals surface area contributed by atoms with E-state index in [9.17, 15) is 5.11 Å². The monoisotopic (exact) mass is 498 g/mol. The van der Waals surface area contributed by atoms with Gasteiger partial charge < -0.3 is 5.11 Å². The van der Waals surface area contributed by atoms with Crippen LogP contribution in [-0.2, 0) is 12.8 Å². The van der Waals surface area contributed by atoms with E-state index in [1.54, 1.807) is 0 Å². The lowest BCUT2D eigenvalue weighted by molar-refractivity contribution is 0.348. The van der Waals surface area contributed by atoms with E-state index in [4.69, 9.17) is 0 Å². The lowest BCUT2D eigenvalue weighted by Crippen LogP contribution is -2.28. The van der Waals surface area contributed by atoms with Crippen molar-refractivity contribution in [2.24, 2.45) is 5.92 Å². The van der Waals surface area contributed by atoms with Crippen LogP contribution >= 0.6 is 0 Å². The molecule has 0 aliphatic heterocycles. The molecule has 0 saturated heterocycles. The molecule has 1 N–H and O–H groups in total. The first-order valence-electron chi connectivity index (χ1n) is 14.4. The first-order chi connectivity index (χ1) is 18.6. The van der Waals surface area contributed by atoms with E-state index in [1.165, 1.54) is 58.7 Å². The smallest absolute Gasteiger partial charge is 0.119 e. The molecule has 1 nitrogen and oxygen atoms in total. The zero-order valence-electron chi connectivity index (χ0n) is 22.4. The second-order valence-corrected chi connectivity index (χ2v) is 11.5. The van der Waals surface area contributed by atoms with Gasteiger partial charge in [0, 0.05) is 17.9 Å². The summed E-state index contributed by atoms with van der Waals surface area (Å²) in [4.78, 5) is 0. The van der Waals surface area contributed by atoms with Gasteiger partial charge in [-0.1, -0.05) is 117 Å². The molecule has 1 heteroatoms. The average molecular weight is 499 g/mol. The average Bonchev–Trinajstić information content (AvgIpc) is 3.40. The topological polar surface area (TPSA) is 20.2 Å². The number of allylic oxidation sites excluding steroid dienone is 6. The largest absolute Gasteiger partial charge is 0.508 e. The number of hydrogen-bond donors (Lipinski definition) is 1. The zero-order chi connectivity index (χ0) is 25.9. The van der Waals surface area contributed by atoms with Crippen LogP contribution in [0, 0.1) is 5.92 Å². The summed E-state index contributed by atoms with van der Waals surface area (Å²) in [6, 6.07) is 22.0. The standard InChI is InChI=1S/C37H38O/c1-26-13-17-29(18-14-26)30-19-15-27(16-20-30)23-28-7-6-11-32-21-22-37(38)36(35(32)24-28)25-33-10-4-5-12-34(33)31-8-2-3-9-31/h2-5,7-12,15-16,19-22,24,26,29,31,38H,6,13-14,17-18,23,25H2,1H3. The molecule has 38 heavy (non-hydrogen) atoms. The predicted octanol–water partition coefficient (Wildman–Crippen LogP) is 7.62. The van der Waals surface area contributed by atoms with Crippen molar-refractivity contribution in [1.29, 1.82) is 0 Å². The van der Waals surface area contributed by atoms with Gasteiger partial charge in [-0.25, -0.2) is 0 Å². The number of fused-ring (bicyclic) bond motifs is 1. The molecule has 3 aliphatic rings. The first kappa shape index (κ1) is 24.7. The highest BCUT2D eigenvalue weighted by atomic mass is 16.3. The Morgan fingerprint density at radius 2 is 1.55 bits per heavy atom. The van der Waals surface area contributed by atoms with Crippen LogP contribution in [-0.4, -0.2) is 5.11 Å². The predicted molar refractivity (Wildman–Crippen MR) is 160 cm³/mol. The zero-order valence-corrected chi connectivity index (χ0v) is 22.4. The van der Waals surface area contributed by atoms with E-state index >= 15 is 0 Å². The molecule has 6 rings (SSSR count). The van der Waals surface area contributed by atoms with Crippen LogP contribution in [0.15, 0.2) is 96.6 Å². The number of phenols is 1. The van der Waals surface area contributed by atoms with Crippen LogP contribution in [0.4, 0.5) is 0 Å². The molecule has 0 bridgehead atoms. The molecule has 0 radical (unpaired) electrons. The molecule has 3 aromatic carbocycles. The van der Waals surface area contributed by atoms with Crippen molar-refractivity contribution in [2.45, 2.75) is 63.7 Å². The van der Waals surface area contributed by atoms with E-state index in [0.29, 0.717) is 11.7 Å². The molecule has 0 atom stereocenters. The van der Waals surface area contributed by atoms with Gasteiger partial charge in [0.05, 0.1) is 0 Å². The van der Waals surface area contributed by atoms with Gasteiger partial charge in [-0.05, 0) is 81.8 Å². The van der Waals surface area contributed by atoms with Crippen molar-refractivity contribution < 1.29 is 5.11 Å². The number of rotatable bonds is 6. The van der Waals surface area contributed by atoms with Crippen LogP contribution < -0.4 is 10.4 Å². The second kappa shape index (κ2) is 11.0. The second-order valence-electron chi connectivity index (χ2n) is 11.5. The highest BCUT2D eigenvalue weighted by Gasteiger charge is 2.20. The maximum atomic E-state index is 11.0. The van der Waals surface area contributed by atoms with Gasteiger partial charge in [-0.2, -0.15) is 0 Å². The first-order valence-corrected chi connectivity index (χ1v) is 14.4. The van der Waals surface area contributed by atoms with E-state index < -0.39 is 0 Å². The maximum absolute atomic E-state index is 11.0. The van der Waals surface area contributed by atoms with E-state index in [0.717, 1.165) is 41.9 Å². The molecule has 1 saturated carbocycles. The molecule has 0 heterocycles. The van der Waals surface area contributed by atoms with Gasteiger partial charge in [0.1, 0.15) is 5.75 Å². The molecule has 3 aromatic rings. The molecule has 192 valence electrons. The van der Waals surface area contributed by atoms with Gasteiger partial charge in [0.15, 0.2) is 0 Å². The summed E-state index contributed by atoms with van der Waals surface area (Å²) in [7, 11) is 0.